The maximum atomic E-state index is 12.3. The first-order valence-electron chi connectivity index (χ1n) is 10.0. The van der Waals surface area contributed by atoms with Crippen molar-refractivity contribution in [3.05, 3.63) is 63.6 Å². The van der Waals surface area contributed by atoms with Crippen LogP contribution in [0, 0.1) is 5.92 Å². The third kappa shape index (κ3) is 5.41. The number of thiazole rings is 1. The van der Waals surface area contributed by atoms with Gasteiger partial charge in [0.15, 0.2) is 5.13 Å². The van der Waals surface area contributed by atoms with Gasteiger partial charge >= 0.3 is 0 Å². The van der Waals surface area contributed by atoms with Crippen molar-refractivity contribution in [2.45, 2.75) is 26.3 Å². The zero-order valence-corrected chi connectivity index (χ0v) is 19.0. The molecule has 4 rings (SSSR count). The van der Waals surface area contributed by atoms with E-state index in [2.05, 4.69) is 34.3 Å². The number of rotatable bonds is 5. The van der Waals surface area contributed by atoms with Gasteiger partial charge in [-0.2, -0.15) is 0 Å². The Balaban J connectivity index is 1.40. The van der Waals surface area contributed by atoms with Crippen molar-refractivity contribution in [1.29, 1.82) is 0 Å². The number of nitrogens with zero attached hydrogens (tertiary/aromatic N) is 2. The zero-order chi connectivity index (χ0) is 21.1. The Labute approximate surface area is 190 Å². The van der Waals surface area contributed by atoms with E-state index >= 15 is 0 Å². The Morgan fingerprint density at radius 2 is 2.00 bits per heavy atom. The summed E-state index contributed by atoms with van der Waals surface area (Å²) in [5, 5.41) is 4.39. The van der Waals surface area contributed by atoms with Gasteiger partial charge in [0, 0.05) is 12.6 Å². The summed E-state index contributed by atoms with van der Waals surface area (Å²) in [6.07, 6.45) is 5.71. The van der Waals surface area contributed by atoms with Gasteiger partial charge in [0.2, 0.25) is 5.91 Å². The lowest BCUT2D eigenvalue weighted by Crippen LogP contribution is -2.32. The lowest BCUT2D eigenvalue weighted by atomic mass is 9.99. The molecule has 1 aliphatic heterocycles. The highest BCUT2D eigenvalue weighted by molar-refractivity contribution is 7.22. The molecule has 0 saturated carbocycles. The van der Waals surface area contributed by atoms with Gasteiger partial charge in [-0.1, -0.05) is 53.6 Å². The molecular formula is C23H23Cl2N3OS. The summed E-state index contributed by atoms with van der Waals surface area (Å²) in [7, 11) is 0. The van der Waals surface area contributed by atoms with E-state index in [0.717, 1.165) is 41.3 Å². The minimum absolute atomic E-state index is 0.234. The number of benzene rings is 2. The Morgan fingerprint density at radius 3 is 2.77 bits per heavy atom. The van der Waals surface area contributed by atoms with Crippen LogP contribution in [0.3, 0.4) is 0 Å². The number of nitrogens with one attached hydrogen (secondary N) is 1. The van der Waals surface area contributed by atoms with E-state index in [4.69, 9.17) is 23.2 Å². The van der Waals surface area contributed by atoms with Gasteiger partial charge in [-0.05, 0) is 73.3 Å². The van der Waals surface area contributed by atoms with E-state index < -0.39 is 0 Å². The number of hydrogen-bond donors (Lipinski definition) is 1. The number of hydrogen-bond acceptors (Lipinski definition) is 4. The predicted octanol–water partition coefficient (Wildman–Crippen LogP) is 6.49. The molecule has 1 fully saturated rings. The highest BCUT2D eigenvalue weighted by atomic mass is 35.5. The molecule has 4 nitrogen and oxygen atoms in total. The largest absolute Gasteiger partial charge is 0.299 e. The second-order valence-electron chi connectivity index (χ2n) is 7.78. The van der Waals surface area contributed by atoms with E-state index in [9.17, 15) is 4.79 Å². The van der Waals surface area contributed by atoms with E-state index in [1.807, 2.05) is 6.07 Å². The molecule has 0 bridgehead atoms. The summed E-state index contributed by atoms with van der Waals surface area (Å²) >= 11 is 13.4. The molecule has 0 unspecified atom stereocenters. The molecule has 0 aliphatic carbocycles. The van der Waals surface area contributed by atoms with Crippen molar-refractivity contribution in [1.82, 2.24) is 9.88 Å². The van der Waals surface area contributed by atoms with Crippen LogP contribution in [0.1, 0.15) is 30.9 Å². The molecule has 1 N–H and O–H groups in total. The molecule has 1 aliphatic rings. The van der Waals surface area contributed by atoms with Gasteiger partial charge < -0.3 is 0 Å². The highest BCUT2D eigenvalue weighted by Crippen LogP contribution is 2.28. The summed E-state index contributed by atoms with van der Waals surface area (Å²) < 4.78 is 1.08. The molecular weight excluding hydrogens is 437 g/mol. The maximum absolute atomic E-state index is 12.3. The minimum Gasteiger partial charge on any atom is -0.299 e. The number of halogens is 2. The molecule has 2 aromatic carbocycles. The number of aromatic nitrogens is 1. The van der Waals surface area contributed by atoms with Crippen molar-refractivity contribution >= 4 is 61.9 Å². The Morgan fingerprint density at radius 1 is 1.20 bits per heavy atom. The summed E-state index contributed by atoms with van der Waals surface area (Å²) in [5.74, 6) is 0.602. The number of carbonyl (C=O) groups is 1. The molecule has 30 heavy (non-hydrogen) atoms. The van der Waals surface area contributed by atoms with Crippen molar-refractivity contribution in [2.24, 2.45) is 5.92 Å². The molecule has 1 aromatic heterocycles. The monoisotopic (exact) mass is 459 g/mol. The summed E-state index contributed by atoms with van der Waals surface area (Å²) in [5.41, 5.74) is 3.00. The van der Waals surface area contributed by atoms with Crippen LogP contribution in [0.25, 0.3) is 16.3 Å². The first kappa shape index (κ1) is 21.3. The molecule has 0 spiro atoms. The van der Waals surface area contributed by atoms with Crippen molar-refractivity contribution in [3.63, 3.8) is 0 Å². The molecule has 2 heterocycles. The standard InChI is InChI=1S/C23H23Cl2N3OS/c1-15-8-10-28(11-9-15)14-17-3-6-20-21(13-17)30-23(26-20)27-22(29)7-4-16-2-5-18(24)19(25)12-16/h2-7,12-13,15H,8-11,14H2,1H3,(H,26,27,29)/b7-4+. The Hall–Kier alpha value is -1.92. The minimum atomic E-state index is -0.234. The predicted molar refractivity (Wildman–Crippen MR) is 127 cm³/mol. The van der Waals surface area contributed by atoms with E-state index in [-0.39, 0.29) is 5.91 Å². The van der Waals surface area contributed by atoms with Gasteiger partial charge in [-0.15, -0.1) is 0 Å². The molecule has 0 radical (unpaired) electrons. The summed E-state index contributed by atoms with van der Waals surface area (Å²) in [6.45, 7) is 5.62. The molecule has 1 saturated heterocycles. The summed E-state index contributed by atoms with van der Waals surface area (Å²) in [6, 6.07) is 11.6. The fraction of sp³-hybridized carbons (Fsp3) is 0.304. The van der Waals surface area contributed by atoms with Crippen LogP contribution in [-0.2, 0) is 11.3 Å². The van der Waals surface area contributed by atoms with Crippen LogP contribution in [0.15, 0.2) is 42.5 Å². The van der Waals surface area contributed by atoms with Crippen molar-refractivity contribution in [3.8, 4) is 0 Å². The smallest absolute Gasteiger partial charge is 0.250 e. The third-order valence-electron chi connectivity index (χ3n) is 5.34. The van der Waals surface area contributed by atoms with Crippen LogP contribution < -0.4 is 5.32 Å². The van der Waals surface area contributed by atoms with Crippen LogP contribution in [0.4, 0.5) is 5.13 Å². The lowest BCUT2D eigenvalue weighted by molar-refractivity contribution is -0.111. The topological polar surface area (TPSA) is 45.2 Å². The maximum Gasteiger partial charge on any atom is 0.250 e. The van der Waals surface area contributed by atoms with Crippen molar-refractivity contribution in [2.75, 3.05) is 18.4 Å². The molecule has 3 aromatic rings. The molecule has 1 amide bonds. The SMILES string of the molecule is CC1CCN(Cc2ccc3nc(NC(=O)/C=C/c4ccc(Cl)c(Cl)c4)sc3c2)CC1. The third-order valence-corrected chi connectivity index (χ3v) is 7.01. The molecule has 7 heteroatoms. The second kappa shape index (κ2) is 9.48. The van der Waals surface area contributed by atoms with E-state index in [0.29, 0.717) is 15.2 Å². The fourth-order valence-electron chi connectivity index (χ4n) is 3.53. The van der Waals surface area contributed by atoms with Gasteiger partial charge in [0.05, 0.1) is 20.3 Å². The average molecular weight is 460 g/mol. The lowest BCUT2D eigenvalue weighted by Gasteiger charge is -2.30. The Kier molecular flexibility index (Phi) is 6.74. The van der Waals surface area contributed by atoms with E-state index in [1.54, 1.807) is 24.3 Å². The number of amides is 1. The molecule has 0 atom stereocenters. The molecule has 156 valence electrons. The second-order valence-corrected chi connectivity index (χ2v) is 9.62. The summed E-state index contributed by atoms with van der Waals surface area (Å²) in [4.78, 5) is 19.3. The van der Waals surface area contributed by atoms with Gasteiger partial charge in [0.1, 0.15) is 0 Å². The van der Waals surface area contributed by atoms with Crippen LogP contribution in [0.5, 0.6) is 0 Å². The fourth-order valence-corrected chi connectivity index (χ4v) is 4.77. The van der Waals surface area contributed by atoms with Crippen LogP contribution in [0.2, 0.25) is 10.0 Å². The highest BCUT2D eigenvalue weighted by Gasteiger charge is 2.16. The average Bonchev–Trinajstić information content (AvgIpc) is 3.12. The number of likely N-dealkylation sites (tertiary alicyclic amines) is 1. The quantitative estimate of drug-likeness (QED) is 0.443. The first-order valence-corrected chi connectivity index (χ1v) is 11.6. The zero-order valence-electron chi connectivity index (χ0n) is 16.7. The number of anilines is 1. The Bertz CT molecular complexity index is 1090. The van der Waals surface area contributed by atoms with Gasteiger partial charge in [0.25, 0.3) is 0 Å². The van der Waals surface area contributed by atoms with Crippen LogP contribution >= 0.6 is 34.5 Å². The number of piperidine rings is 1. The first-order chi connectivity index (χ1) is 14.5. The number of carbonyl (C=O) groups excluding carboxylic acids is 1. The normalized spacial score (nSPS) is 15.8. The van der Waals surface area contributed by atoms with Crippen LogP contribution in [-0.4, -0.2) is 28.9 Å². The van der Waals surface area contributed by atoms with Crippen molar-refractivity contribution < 1.29 is 4.79 Å². The van der Waals surface area contributed by atoms with Gasteiger partial charge in [-0.3, -0.25) is 15.0 Å². The number of fused-ring (bicyclic) bond motifs is 1. The van der Waals surface area contributed by atoms with Gasteiger partial charge in [-0.25, -0.2) is 4.98 Å². The van der Waals surface area contributed by atoms with E-state index in [1.165, 1.54) is 35.8 Å².